The van der Waals surface area contributed by atoms with Gasteiger partial charge in [0.25, 0.3) is 0 Å². The number of hydrogen-bond donors (Lipinski definition) is 2. The predicted molar refractivity (Wildman–Crippen MR) is 79.4 cm³/mol. The number of anilines is 1. The Morgan fingerprint density at radius 2 is 2.12 bits per heavy atom. The van der Waals surface area contributed by atoms with Crippen molar-refractivity contribution in [3.05, 3.63) is 28.7 Å². The number of hydrogen-bond acceptors (Lipinski definition) is 2. The van der Waals surface area contributed by atoms with Crippen LogP contribution < -0.4 is 11.1 Å². The van der Waals surface area contributed by atoms with Crippen LogP contribution in [0.5, 0.6) is 0 Å². The Kier molecular flexibility index (Phi) is 6.00. The number of rotatable bonds is 7. The van der Waals surface area contributed by atoms with Gasteiger partial charge in [-0.15, -0.1) is 0 Å². The first-order valence-corrected chi connectivity index (χ1v) is 7.13. The van der Waals surface area contributed by atoms with Gasteiger partial charge in [0.2, 0.25) is 0 Å². The van der Waals surface area contributed by atoms with Crippen LogP contribution in [0.3, 0.4) is 0 Å². The van der Waals surface area contributed by atoms with E-state index in [-0.39, 0.29) is 5.54 Å². The van der Waals surface area contributed by atoms with Crippen molar-refractivity contribution in [1.82, 2.24) is 0 Å². The molecule has 3 N–H and O–H groups in total. The average Bonchev–Trinajstić information content (AvgIpc) is 2.29. The molecule has 1 atom stereocenters. The molecule has 0 aliphatic rings. The summed E-state index contributed by atoms with van der Waals surface area (Å²) in [4.78, 5) is 0. The lowest BCUT2D eigenvalue weighted by Gasteiger charge is -2.31. The van der Waals surface area contributed by atoms with E-state index in [4.69, 9.17) is 5.73 Å². The molecule has 0 spiro atoms. The third kappa shape index (κ3) is 5.09. The van der Waals surface area contributed by atoms with Crippen molar-refractivity contribution in [3.63, 3.8) is 0 Å². The van der Waals surface area contributed by atoms with Gasteiger partial charge < -0.3 is 11.1 Å². The van der Waals surface area contributed by atoms with Crippen molar-refractivity contribution in [3.8, 4) is 0 Å². The average molecular weight is 299 g/mol. The molecule has 0 radical (unpaired) electrons. The van der Waals surface area contributed by atoms with E-state index < -0.39 is 0 Å². The normalized spacial score (nSPS) is 14.4. The van der Waals surface area contributed by atoms with Crippen molar-refractivity contribution < 1.29 is 0 Å². The van der Waals surface area contributed by atoms with Gasteiger partial charge in [-0.2, -0.15) is 0 Å². The number of nitrogens with one attached hydrogen (secondary N) is 1. The highest BCUT2D eigenvalue weighted by Crippen LogP contribution is 2.23. The Balaban J connectivity index is 2.61. The van der Waals surface area contributed by atoms with Crippen LogP contribution in [-0.2, 0) is 0 Å². The van der Waals surface area contributed by atoms with Gasteiger partial charge in [0.1, 0.15) is 0 Å². The summed E-state index contributed by atoms with van der Waals surface area (Å²) in [6.45, 7) is 5.08. The second-order valence-corrected chi connectivity index (χ2v) is 5.77. The minimum Gasteiger partial charge on any atom is -0.379 e. The van der Waals surface area contributed by atoms with Crippen LogP contribution in [0.25, 0.3) is 0 Å². The van der Waals surface area contributed by atoms with E-state index in [9.17, 15) is 0 Å². The third-order valence-corrected chi connectivity index (χ3v) is 3.55. The molecule has 0 saturated carbocycles. The number of halogens is 1. The molecule has 0 bridgehead atoms. The standard InChI is InChI=1S/C14H23BrN2/c1-3-4-5-9-14(2,11-16)17-13-8-6-7-12(15)10-13/h6-8,10,17H,3-5,9,11,16H2,1-2H3. The van der Waals surface area contributed by atoms with E-state index in [1.165, 1.54) is 19.3 Å². The maximum Gasteiger partial charge on any atom is 0.0467 e. The van der Waals surface area contributed by atoms with Crippen molar-refractivity contribution in [2.24, 2.45) is 5.73 Å². The predicted octanol–water partition coefficient (Wildman–Crippen LogP) is 4.16. The maximum atomic E-state index is 5.90. The number of nitrogens with two attached hydrogens (primary N) is 1. The molecule has 17 heavy (non-hydrogen) atoms. The molecule has 1 unspecified atom stereocenters. The van der Waals surface area contributed by atoms with Crippen LogP contribution in [0, 0.1) is 0 Å². The maximum absolute atomic E-state index is 5.90. The molecule has 0 heterocycles. The number of benzene rings is 1. The summed E-state index contributed by atoms with van der Waals surface area (Å²) >= 11 is 3.48. The van der Waals surface area contributed by atoms with Crippen LogP contribution in [0.2, 0.25) is 0 Å². The van der Waals surface area contributed by atoms with Crippen LogP contribution in [0.4, 0.5) is 5.69 Å². The minimum atomic E-state index is -0.00400. The molecule has 0 aliphatic heterocycles. The Morgan fingerprint density at radius 1 is 1.35 bits per heavy atom. The minimum absolute atomic E-state index is 0.00400. The fourth-order valence-electron chi connectivity index (χ4n) is 1.90. The lowest BCUT2D eigenvalue weighted by atomic mass is 9.94. The van der Waals surface area contributed by atoms with Gasteiger partial charge in [-0.25, -0.2) is 0 Å². The Hall–Kier alpha value is -0.540. The molecule has 1 rings (SSSR count). The van der Waals surface area contributed by atoms with Gasteiger partial charge >= 0.3 is 0 Å². The molecule has 1 aromatic rings. The van der Waals surface area contributed by atoms with E-state index in [2.05, 4.69) is 47.2 Å². The Morgan fingerprint density at radius 3 is 2.71 bits per heavy atom. The summed E-state index contributed by atoms with van der Waals surface area (Å²) in [6, 6.07) is 8.24. The molecule has 1 aromatic carbocycles. The summed E-state index contributed by atoms with van der Waals surface area (Å²) in [5.74, 6) is 0. The zero-order valence-electron chi connectivity index (χ0n) is 10.8. The largest absolute Gasteiger partial charge is 0.379 e. The first-order chi connectivity index (χ1) is 8.09. The van der Waals surface area contributed by atoms with Crippen molar-refractivity contribution >= 4 is 21.6 Å². The topological polar surface area (TPSA) is 38.0 Å². The number of unbranched alkanes of at least 4 members (excludes halogenated alkanes) is 2. The zero-order valence-corrected chi connectivity index (χ0v) is 12.4. The summed E-state index contributed by atoms with van der Waals surface area (Å²) in [7, 11) is 0. The van der Waals surface area contributed by atoms with Crippen LogP contribution in [-0.4, -0.2) is 12.1 Å². The smallest absolute Gasteiger partial charge is 0.0467 e. The third-order valence-electron chi connectivity index (χ3n) is 3.05. The highest BCUT2D eigenvalue weighted by molar-refractivity contribution is 9.10. The Labute approximate surface area is 113 Å². The van der Waals surface area contributed by atoms with Gasteiger partial charge in [-0.1, -0.05) is 48.2 Å². The van der Waals surface area contributed by atoms with E-state index >= 15 is 0 Å². The second kappa shape index (κ2) is 7.02. The fraction of sp³-hybridized carbons (Fsp3) is 0.571. The molecule has 0 amide bonds. The van der Waals surface area contributed by atoms with E-state index in [0.717, 1.165) is 16.6 Å². The first-order valence-electron chi connectivity index (χ1n) is 6.33. The van der Waals surface area contributed by atoms with Gasteiger partial charge in [-0.05, 0) is 31.5 Å². The van der Waals surface area contributed by atoms with E-state index in [0.29, 0.717) is 6.54 Å². The lowest BCUT2D eigenvalue weighted by molar-refractivity contribution is 0.455. The van der Waals surface area contributed by atoms with E-state index in [1.54, 1.807) is 0 Å². The monoisotopic (exact) mass is 298 g/mol. The molecule has 3 heteroatoms. The van der Waals surface area contributed by atoms with Crippen molar-refractivity contribution in [2.75, 3.05) is 11.9 Å². The fourth-order valence-corrected chi connectivity index (χ4v) is 2.29. The molecule has 96 valence electrons. The zero-order chi connectivity index (χ0) is 12.7. The Bertz CT molecular complexity index is 341. The quantitative estimate of drug-likeness (QED) is 0.742. The summed E-state index contributed by atoms with van der Waals surface area (Å²) in [5, 5.41) is 3.55. The summed E-state index contributed by atoms with van der Waals surface area (Å²) in [6.07, 6.45) is 4.86. The molecular formula is C14H23BrN2. The van der Waals surface area contributed by atoms with Crippen LogP contribution >= 0.6 is 15.9 Å². The van der Waals surface area contributed by atoms with Gasteiger partial charge in [0.05, 0.1) is 0 Å². The molecular weight excluding hydrogens is 276 g/mol. The van der Waals surface area contributed by atoms with E-state index in [1.807, 2.05) is 12.1 Å². The molecule has 0 fully saturated rings. The second-order valence-electron chi connectivity index (χ2n) is 4.86. The van der Waals surface area contributed by atoms with Gasteiger partial charge in [0.15, 0.2) is 0 Å². The van der Waals surface area contributed by atoms with Crippen LogP contribution in [0.15, 0.2) is 28.7 Å². The lowest BCUT2D eigenvalue weighted by Crippen LogP contribution is -2.42. The highest BCUT2D eigenvalue weighted by atomic mass is 79.9. The van der Waals surface area contributed by atoms with Gasteiger partial charge in [-0.3, -0.25) is 0 Å². The van der Waals surface area contributed by atoms with Crippen molar-refractivity contribution in [2.45, 2.75) is 45.1 Å². The first kappa shape index (κ1) is 14.5. The van der Waals surface area contributed by atoms with Crippen molar-refractivity contribution in [1.29, 1.82) is 0 Å². The highest BCUT2D eigenvalue weighted by Gasteiger charge is 2.21. The molecule has 0 aromatic heterocycles. The van der Waals surface area contributed by atoms with Crippen LogP contribution in [0.1, 0.15) is 39.5 Å². The summed E-state index contributed by atoms with van der Waals surface area (Å²) < 4.78 is 1.09. The molecule has 0 aliphatic carbocycles. The molecule has 0 saturated heterocycles. The SMILES string of the molecule is CCCCCC(C)(CN)Nc1cccc(Br)c1. The summed E-state index contributed by atoms with van der Waals surface area (Å²) in [5.41, 5.74) is 7.03. The van der Waals surface area contributed by atoms with Gasteiger partial charge in [0, 0.05) is 22.2 Å². The molecule has 2 nitrogen and oxygen atoms in total.